The number of aromatic nitrogens is 1. The largest absolute Gasteiger partial charge is 0.469 e. The summed E-state index contributed by atoms with van der Waals surface area (Å²) in [4.78, 5) is 15.7. The minimum absolute atomic E-state index is 0.181. The number of rotatable bonds is 5. The number of hydrogen-bond donors (Lipinski definition) is 1. The minimum Gasteiger partial charge on any atom is -0.469 e. The highest BCUT2D eigenvalue weighted by molar-refractivity contribution is 7.90. The summed E-state index contributed by atoms with van der Waals surface area (Å²) in [7, 11) is -2.27. The van der Waals surface area contributed by atoms with Gasteiger partial charge in [0.25, 0.3) is 0 Å². The highest BCUT2D eigenvalue weighted by Crippen LogP contribution is 2.30. The zero-order chi connectivity index (χ0) is 15.3. The maximum Gasteiger partial charge on any atom is 0.310 e. The fourth-order valence-corrected chi connectivity index (χ4v) is 4.42. The molecule has 1 aliphatic carbocycles. The first kappa shape index (κ1) is 15.9. The molecule has 1 N–H and O–H groups in total. The average molecular weight is 312 g/mol. The topological polar surface area (TPSA) is 85.4 Å². The van der Waals surface area contributed by atoms with Gasteiger partial charge in [0.05, 0.1) is 18.3 Å². The number of hydrogen-bond acceptors (Lipinski definition) is 5. The van der Waals surface area contributed by atoms with Crippen molar-refractivity contribution in [2.45, 2.75) is 37.5 Å². The number of nitrogens with zero attached hydrogens (tertiary/aromatic N) is 1. The molecule has 0 bridgehead atoms. The fraction of sp³-hybridized carbons (Fsp3) is 0.571. The highest BCUT2D eigenvalue weighted by Gasteiger charge is 2.40. The first-order valence-electron chi connectivity index (χ1n) is 7.00. The Morgan fingerprint density at radius 3 is 2.86 bits per heavy atom. The van der Waals surface area contributed by atoms with Crippen LogP contribution in [0.5, 0.6) is 0 Å². The summed E-state index contributed by atoms with van der Waals surface area (Å²) in [5.74, 6) is -1.01. The molecule has 6 nitrogen and oxygen atoms in total. The van der Waals surface area contributed by atoms with Crippen LogP contribution in [0.15, 0.2) is 24.5 Å². The lowest BCUT2D eigenvalue weighted by atomic mass is 9.89. The van der Waals surface area contributed by atoms with Crippen LogP contribution in [-0.2, 0) is 26.1 Å². The van der Waals surface area contributed by atoms with Crippen LogP contribution >= 0.6 is 0 Å². The average Bonchev–Trinajstić information content (AvgIpc) is 2.53. The van der Waals surface area contributed by atoms with Crippen molar-refractivity contribution in [3.8, 4) is 0 Å². The first-order chi connectivity index (χ1) is 10.0. The summed E-state index contributed by atoms with van der Waals surface area (Å²) in [5.41, 5.74) is 0.784. The third-order valence-corrected chi connectivity index (χ3v) is 5.71. The van der Waals surface area contributed by atoms with Crippen molar-refractivity contribution in [3.63, 3.8) is 0 Å². The number of sulfonamides is 1. The zero-order valence-corrected chi connectivity index (χ0v) is 12.8. The lowest BCUT2D eigenvalue weighted by molar-refractivity contribution is -0.146. The minimum atomic E-state index is -3.56. The van der Waals surface area contributed by atoms with Crippen molar-refractivity contribution in [3.05, 3.63) is 30.1 Å². The van der Waals surface area contributed by atoms with Gasteiger partial charge in [-0.2, -0.15) is 0 Å². The number of esters is 1. The van der Waals surface area contributed by atoms with Gasteiger partial charge < -0.3 is 4.74 Å². The van der Waals surface area contributed by atoms with E-state index in [4.69, 9.17) is 4.74 Å². The number of carbonyl (C=O) groups is 1. The van der Waals surface area contributed by atoms with Gasteiger partial charge in [0.1, 0.15) is 0 Å². The molecule has 2 atom stereocenters. The maximum atomic E-state index is 12.5. The molecule has 0 unspecified atom stereocenters. The Kier molecular flexibility index (Phi) is 5.30. The molecule has 7 heteroatoms. The molecule has 1 fully saturated rings. The smallest absolute Gasteiger partial charge is 0.310 e. The second-order valence-electron chi connectivity index (χ2n) is 5.18. The Balaban J connectivity index is 2.07. The van der Waals surface area contributed by atoms with Gasteiger partial charge in [0.15, 0.2) is 0 Å². The summed E-state index contributed by atoms with van der Waals surface area (Å²) < 4.78 is 32.2. The van der Waals surface area contributed by atoms with E-state index < -0.39 is 27.2 Å². The van der Waals surface area contributed by atoms with Crippen molar-refractivity contribution in [2.24, 2.45) is 5.92 Å². The van der Waals surface area contributed by atoms with Crippen molar-refractivity contribution in [2.75, 3.05) is 7.11 Å². The van der Waals surface area contributed by atoms with E-state index in [9.17, 15) is 13.2 Å². The Morgan fingerprint density at radius 1 is 1.43 bits per heavy atom. The molecule has 0 aliphatic heterocycles. The number of carbonyl (C=O) groups excluding carboxylic acids is 1. The molecule has 1 saturated carbocycles. The maximum absolute atomic E-state index is 12.5. The van der Waals surface area contributed by atoms with E-state index in [1.807, 2.05) is 0 Å². The van der Waals surface area contributed by atoms with Gasteiger partial charge in [0, 0.05) is 18.9 Å². The fourth-order valence-electron chi connectivity index (χ4n) is 2.68. The van der Waals surface area contributed by atoms with Crippen molar-refractivity contribution in [1.29, 1.82) is 0 Å². The van der Waals surface area contributed by atoms with E-state index in [0.29, 0.717) is 12.8 Å². The van der Waals surface area contributed by atoms with Gasteiger partial charge in [-0.15, -0.1) is 0 Å². The molecule has 1 aromatic heterocycles. The van der Waals surface area contributed by atoms with Crippen LogP contribution in [0.4, 0.5) is 0 Å². The predicted octanol–water partition coefficient (Wildman–Crippen LogP) is 1.23. The van der Waals surface area contributed by atoms with Crippen LogP contribution in [0.3, 0.4) is 0 Å². The summed E-state index contributed by atoms with van der Waals surface area (Å²) in [6, 6.07) is 3.55. The Bertz CT molecular complexity index is 574. The van der Waals surface area contributed by atoms with Gasteiger partial charge in [0.2, 0.25) is 10.0 Å². The van der Waals surface area contributed by atoms with Gasteiger partial charge in [-0.3, -0.25) is 9.78 Å². The van der Waals surface area contributed by atoms with Crippen LogP contribution < -0.4 is 4.72 Å². The molecular formula is C14H20N2O4S. The van der Waals surface area contributed by atoms with E-state index in [1.54, 1.807) is 24.5 Å². The van der Waals surface area contributed by atoms with Crippen molar-refractivity contribution >= 4 is 16.0 Å². The molecule has 21 heavy (non-hydrogen) atoms. The zero-order valence-electron chi connectivity index (χ0n) is 12.0. The second-order valence-corrected chi connectivity index (χ2v) is 7.16. The molecule has 1 aromatic rings. The molecule has 0 radical (unpaired) electrons. The monoisotopic (exact) mass is 312 g/mol. The molecule has 1 heterocycles. The third-order valence-electron chi connectivity index (χ3n) is 3.81. The standard InChI is InChI=1S/C14H20N2O4S/c1-20-14(17)12-6-2-3-7-13(12)21(18,19)16-10-11-5-4-8-15-9-11/h4-5,8-9,12-13,16H,2-3,6-7,10H2,1H3/t12-,13-/m0/s1. The van der Waals surface area contributed by atoms with Crippen LogP contribution in [0.2, 0.25) is 0 Å². The van der Waals surface area contributed by atoms with E-state index in [0.717, 1.165) is 18.4 Å². The molecule has 1 aliphatic rings. The number of ether oxygens (including phenoxy) is 1. The van der Waals surface area contributed by atoms with Crippen molar-refractivity contribution in [1.82, 2.24) is 9.71 Å². The molecule has 116 valence electrons. The summed E-state index contributed by atoms with van der Waals surface area (Å²) in [5, 5.41) is -0.713. The lowest BCUT2D eigenvalue weighted by Crippen LogP contribution is -2.43. The first-order valence-corrected chi connectivity index (χ1v) is 8.54. The Labute approximate surface area is 125 Å². The summed E-state index contributed by atoms with van der Waals surface area (Å²) in [6.45, 7) is 0.181. The van der Waals surface area contributed by atoms with Gasteiger partial charge in [-0.05, 0) is 24.5 Å². The number of nitrogens with one attached hydrogen (secondary N) is 1. The molecule has 2 rings (SSSR count). The van der Waals surface area contributed by atoms with E-state index in [1.165, 1.54) is 7.11 Å². The Hall–Kier alpha value is -1.47. The SMILES string of the molecule is COC(=O)[C@H]1CCCC[C@@H]1S(=O)(=O)NCc1cccnc1. The quantitative estimate of drug-likeness (QED) is 0.827. The molecular weight excluding hydrogens is 292 g/mol. The van der Waals surface area contributed by atoms with Gasteiger partial charge >= 0.3 is 5.97 Å². The Morgan fingerprint density at radius 2 is 2.19 bits per heavy atom. The summed E-state index contributed by atoms with van der Waals surface area (Å²) >= 11 is 0. The van der Waals surface area contributed by atoms with Gasteiger partial charge in [-0.1, -0.05) is 18.9 Å². The van der Waals surface area contributed by atoms with Crippen LogP contribution in [-0.4, -0.2) is 31.7 Å². The van der Waals surface area contributed by atoms with E-state index in [-0.39, 0.29) is 6.54 Å². The number of pyridine rings is 1. The predicted molar refractivity (Wildman–Crippen MR) is 77.8 cm³/mol. The number of methoxy groups -OCH3 is 1. The van der Waals surface area contributed by atoms with Crippen molar-refractivity contribution < 1.29 is 17.9 Å². The highest BCUT2D eigenvalue weighted by atomic mass is 32.2. The van der Waals surface area contributed by atoms with Crippen LogP contribution in [0.1, 0.15) is 31.2 Å². The van der Waals surface area contributed by atoms with Crippen LogP contribution in [0.25, 0.3) is 0 Å². The second kappa shape index (κ2) is 7.00. The normalized spacial score (nSPS) is 22.7. The molecule has 0 amide bonds. The molecule has 0 aromatic carbocycles. The van der Waals surface area contributed by atoms with E-state index in [2.05, 4.69) is 9.71 Å². The molecule has 0 saturated heterocycles. The third kappa shape index (κ3) is 4.01. The van der Waals surface area contributed by atoms with Gasteiger partial charge in [-0.25, -0.2) is 13.1 Å². The lowest BCUT2D eigenvalue weighted by Gasteiger charge is -2.29. The molecule has 0 spiro atoms. The van der Waals surface area contributed by atoms with Crippen LogP contribution in [0, 0.1) is 5.92 Å². The van der Waals surface area contributed by atoms with E-state index >= 15 is 0 Å². The summed E-state index contributed by atoms with van der Waals surface area (Å²) in [6.07, 6.45) is 5.96.